The molecule has 0 radical (unpaired) electrons. The Bertz CT molecular complexity index is 1220. The van der Waals surface area contributed by atoms with Crippen LogP contribution in [-0.4, -0.2) is 78.4 Å². The highest BCUT2D eigenvalue weighted by Gasteiger charge is 2.54. The molecule has 2 aromatic rings. The SMILES string of the molecule is CCCCN1C(=O)[C@@H](CC2(O)CCCCC2)NC(=O)C12CCN(Cc1c(C)nn(-c3ccc(O)cc3)c1C)CC2.Cl. The molecule has 41 heavy (non-hydrogen) atoms. The summed E-state index contributed by atoms with van der Waals surface area (Å²) in [7, 11) is 0. The van der Waals surface area contributed by atoms with Gasteiger partial charge in [-0.2, -0.15) is 5.10 Å². The van der Waals surface area contributed by atoms with Crippen molar-refractivity contribution in [1.29, 1.82) is 0 Å². The van der Waals surface area contributed by atoms with Gasteiger partial charge < -0.3 is 20.4 Å². The molecule has 1 saturated carbocycles. The number of aliphatic hydroxyl groups is 1. The molecule has 226 valence electrons. The molecule has 1 aromatic carbocycles. The molecule has 1 aromatic heterocycles. The fourth-order valence-corrected chi connectivity index (χ4v) is 7.00. The van der Waals surface area contributed by atoms with Crippen LogP contribution in [0.3, 0.4) is 0 Å². The molecular formula is C31H46ClN5O4. The number of halogens is 1. The van der Waals surface area contributed by atoms with Crippen molar-refractivity contribution in [2.45, 2.75) is 109 Å². The Balaban J connectivity index is 0.00000387. The third-order valence-corrected chi connectivity index (χ3v) is 9.51. The van der Waals surface area contributed by atoms with Gasteiger partial charge in [-0.05, 0) is 70.2 Å². The van der Waals surface area contributed by atoms with Crippen LogP contribution in [0.5, 0.6) is 5.75 Å². The van der Waals surface area contributed by atoms with Gasteiger partial charge in [0.1, 0.15) is 17.3 Å². The molecule has 10 heteroatoms. The Kier molecular flexibility index (Phi) is 9.71. The maximum atomic E-state index is 13.8. The van der Waals surface area contributed by atoms with Gasteiger partial charge in [-0.1, -0.05) is 32.6 Å². The van der Waals surface area contributed by atoms with Crippen molar-refractivity contribution < 1.29 is 19.8 Å². The standard InChI is InChI=1S/C31H45N5O4.ClH/c1-4-5-17-35-28(38)27(20-30(40)13-7-6-8-14-30)32-29(39)31(35)15-18-34(19-16-31)21-26-22(2)33-36(23(26)3)24-9-11-25(37)12-10-24;/h9-12,27,37,40H,4-8,13-21H2,1-3H3,(H,32,39);1H/t27-;/m1./s1. The van der Waals surface area contributed by atoms with Crippen LogP contribution in [-0.2, 0) is 16.1 Å². The Morgan fingerprint density at radius 2 is 1.68 bits per heavy atom. The van der Waals surface area contributed by atoms with E-state index in [1.54, 1.807) is 12.1 Å². The van der Waals surface area contributed by atoms with Gasteiger partial charge in [0.05, 0.1) is 17.0 Å². The number of amides is 2. The molecule has 2 amide bonds. The van der Waals surface area contributed by atoms with E-state index in [0.29, 0.717) is 51.7 Å². The van der Waals surface area contributed by atoms with E-state index < -0.39 is 17.2 Å². The molecule has 0 bridgehead atoms. The number of carbonyl (C=O) groups is 2. The maximum Gasteiger partial charge on any atom is 0.246 e. The van der Waals surface area contributed by atoms with E-state index in [4.69, 9.17) is 5.10 Å². The van der Waals surface area contributed by atoms with Crippen molar-refractivity contribution in [2.24, 2.45) is 0 Å². The summed E-state index contributed by atoms with van der Waals surface area (Å²) in [6, 6.07) is 6.39. The van der Waals surface area contributed by atoms with Crippen LogP contribution in [0.15, 0.2) is 24.3 Å². The Morgan fingerprint density at radius 1 is 1.02 bits per heavy atom. The van der Waals surface area contributed by atoms with E-state index >= 15 is 0 Å². The fraction of sp³-hybridized carbons (Fsp3) is 0.645. The van der Waals surface area contributed by atoms with Crippen LogP contribution in [0.1, 0.15) is 88.1 Å². The number of nitrogens with one attached hydrogen (secondary N) is 1. The number of rotatable bonds is 8. The minimum absolute atomic E-state index is 0. The van der Waals surface area contributed by atoms with Crippen molar-refractivity contribution in [3.63, 3.8) is 0 Å². The van der Waals surface area contributed by atoms with Crippen LogP contribution in [0, 0.1) is 13.8 Å². The minimum Gasteiger partial charge on any atom is -0.508 e. The van der Waals surface area contributed by atoms with Gasteiger partial charge in [-0.25, -0.2) is 4.68 Å². The highest BCUT2D eigenvalue weighted by atomic mass is 35.5. The second-order valence-electron chi connectivity index (χ2n) is 12.2. The molecular weight excluding hydrogens is 542 g/mol. The largest absolute Gasteiger partial charge is 0.508 e. The predicted molar refractivity (Wildman–Crippen MR) is 160 cm³/mol. The highest BCUT2D eigenvalue weighted by molar-refractivity contribution is 6.00. The number of likely N-dealkylation sites (tertiary alicyclic amines) is 1. The molecule has 3 heterocycles. The Hall–Kier alpha value is -2.62. The van der Waals surface area contributed by atoms with Crippen LogP contribution < -0.4 is 5.32 Å². The van der Waals surface area contributed by atoms with Gasteiger partial charge in [0, 0.05) is 43.9 Å². The number of piperidine rings is 1. The van der Waals surface area contributed by atoms with Gasteiger partial charge in [0.25, 0.3) is 0 Å². The number of phenolic OH excluding ortho intramolecular Hbond substituents is 1. The van der Waals surface area contributed by atoms with Gasteiger partial charge >= 0.3 is 0 Å². The van der Waals surface area contributed by atoms with E-state index in [2.05, 4.69) is 24.1 Å². The zero-order valence-corrected chi connectivity index (χ0v) is 25.5. The lowest BCUT2D eigenvalue weighted by Crippen LogP contribution is -2.73. The van der Waals surface area contributed by atoms with E-state index in [0.717, 1.165) is 61.3 Å². The van der Waals surface area contributed by atoms with E-state index in [1.165, 1.54) is 0 Å². The number of hydrogen-bond donors (Lipinski definition) is 3. The number of aromatic hydroxyl groups is 1. The number of unbranched alkanes of at least 4 members (excludes halogenated alkanes) is 1. The first-order valence-corrected chi connectivity index (χ1v) is 15.1. The fourth-order valence-electron chi connectivity index (χ4n) is 7.00. The number of benzene rings is 1. The second-order valence-corrected chi connectivity index (χ2v) is 12.2. The number of phenols is 1. The first-order chi connectivity index (χ1) is 19.2. The van der Waals surface area contributed by atoms with E-state index in [-0.39, 0.29) is 30.0 Å². The summed E-state index contributed by atoms with van der Waals surface area (Å²) < 4.78 is 1.91. The third kappa shape index (κ3) is 6.27. The lowest BCUT2D eigenvalue weighted by molar-refractivity contribution is -0.163. The Morgan fingerprint density at radius 3 is 2.32 bits per heavy atom. The average Bonchev–Trinajstić information content (AvgIpc) is 3.22. The average molecular weight is 588 g/mol. The zero-order valence-electron chi connectivity index (χ0n) is 24.7. The topological polar surface area (TPSA) is 111 Å². The molecule has 5 rings (SSSR count). The lowest BCUT2D eigenvalue weighted by Gasteiger charge is -2.52. The van der Waals surface area contributed by atoms with Gasteiger partial charge in [0.15, 0.2) is 0 Å². The van der Waals surface area contributed by atoms with E-state index in [1.807, 2.05) is 28.6 Å². The molecule has 2 aliphatic heterocycles. The minimum atomic E-state index is -0.865. The normalized spacial score (nSPS) is 22.4. The molecule has 1 atom stereocenters. The molecule has 2 saturated heterocycles. The number of nitrogens with zero attached hydrogens (tertiary/aromatic N) is 4. The Labute approximate surface area is 249 Å². The summed E-state index contributed by atoms with van der Waals surface area (Å²) >= 11 is 0. The first-order valence-electron chi connectivity index (χ1n) is 15.1. The number of aromatic nitrogens is 2. The number of hydrogen-bond acceptors (Lipinski definition) is 6. The first kappa shape index (κ1) is 31.3. The van der Waals surface area contributed by atoms with Gasteiger partial charge in [0.2, 0.25) is 11.8 Å². The monoisotopic (exact) mass is 587 g/mol. The zero-order chi connectivity index (χ0) is 28.5. The smallest absolute Gasteiger partial charge is 0.246 e. The van der Waals surface area contributed by atoms with Crippen LogP contribution >= 0.6 is 12.4 Å². The van der Waals surface area contributed by atoms with Crippen molar-refractivity contribution in [3.05, 3.63) is 41.2 Å². The van der Waals surface area contributed by atoms with Crippen LogP contribution in [0.25, 0.3) is 5.69 Å². The molecule has 3 aliphatic rings. The summed E-state index contributed by atoms with van der Waals surface area (Å²) in [6.45, 7) is 8.91. The maximum absolute atomic E-state index is 13.8. The summed E-state index contributed by atoms with van der Waals surface area (Å²) in [5.74, 6) is 0.143. The number of carbonyl (C=O) groups excluding carboxylic acids is 2. The van der Waals surface area contributed by atoms with Crippen molar-refractivity contribution >= 4 is 24.2 Å². The summed E-state index contributed by atoms with van der Waals surface area (Å²) in [5, 5.41) is 28.6. The molecule has 1 spiro atoms. The third-order valence-electron chi connectivity index (χ3n) is 9.51. The predicted octanol–water partition coefficient (Wildman–Crippen LogP) is 4.16. The van der Waals surface area contributed by atoms with Gasteiger partial charge in [-0.15, -0.1) is 12.4 Å². The quantitative estimate of drug-likeness (QED) is 0.428. The van der Waals surface area contributed by atoms with Crippen molar-refractivity contribution in [2.75, 3.05) is 19.6 Å². The number of aryl methyl sites for hydroxylation is 1. The highest BCUT2D eigenvalue weighted by Crippen LogP contribution is 2.38. The van der Waals surface area contributed by atoms with Crippen molar-refractivity contribution in [3.8, 4) is 11.4 Å². The summed E-state index contributed by atoms with van der Waals surface area (Å²) in [5.41, 5.74) is 2.40. The van der Waals surface area contributed by atoms with Gasteiger partial charge in [-0.3, -0.25) is 14.5 Å². The summed E-state index contributed by atoms with van der Waals surface area (Å²) in [6.07, 6.45) is 7.76. The second kappa shape index (κ2) is 12.7. The molecule has 9 nitrogen and oxygen atoms in total. The van der Waals surface area contributed by atoms with Crippen molar-refractivity contribution in [1.82, 2.24) is 24.9 Å². The molecule has 3 N–H and O–H groups in total. The van der Waals surface area contributed by atoms with E-state index in [9.17, 15) is 19.8 Å². The number of piperazine rings is 1. The lowest BCUT2D eigenvalue weighted by atomic mass is 9.77. The molecule has 3 fully saturated rings. The molecule has 0 unspecified atom stereocenters. The summed E-state index contributed by atoms with van der Waals surface area (Å²) in [4.78, 5) is 31.8. The molecule has 1 aliphatic carbocycles. The van der Waals surface area contributed by atoms with Crippen LogP contribution in [0.4, 0.5) is 0 Å². The van der Waals surface area contributed by atoms with Crippen LogP contribution in [0.2, 0.25) is 0 Å².